The van der Waals surface area contributed by atoms with Crippen molar-refractivity contribution in [3.8, 4) is 0 Å². The Bertz CT molecular complexity index is 600. The van der Waals surface area contributed by atoms with Gasteiger partial charge >= 0.3 is 5.97 Å². The van der Waals surface area contributed by atoms with Gasteiger partial charge in [0.05, 0.1) is 18.8 Å². The summed E-state index contributed by atoms with van der Waals surface area (Å²) in [5.41, 5.74) is 1.91. The molecule has 0 heterocycles. The molecule has 0 aromatic heterocycles. The molecule has 0 unspecified atom stereocenters. The summed E-state index contributed by atoms with van der Waals surface area (Å²) < 4.78 is 4.98. The number of rotatable bonds is 7. The molecule has 5 heteroatoms. The average Bonchev–Trinajstić information content (AvgIpc) is 2.54. The van der Waals surface area contributed by atoms with E-state index in [4.69, 9.17) is 4.74 Å². The highest BCUT2D eigenvalue weighted by molar-refractivity contribution is 5.65. The van der Waals surface area contributed by atoms with Crippen LogP contribution in [0.4, 0.5) is 5.69 Å². The molecule has 0 amide bonds. The molecule has 2 rings (SSSR count). The Kier molecular flexibility index (Phi) is 6.11. The van der Waals surface area contributed by atoms with Crippen LogP contribution in [0.5, 0.6) is 0 Å². The molecule has 0 saturated heterocycles. The summed E-state index contributed by atoms with van der Waals surface area (Å²) >= 11 is 0. The van der Waals surface area contributed by atoms with Crippen molar-refractivity contribution < 1.29 is 9.53 Å². The summed E-state index contributed by atoms with van der Waals surface area (Å²) in [5.74, 6) is -0.292. The van der Waals surface area contributed by atoms with E-state index >= 15 is 0 Å². The minimum atomic E-state index is -0.292. The van der Waals surface area contributed by atoms with Gasteiger partial charge in [-0.3, -0.25) is 9.80 Å². The number of esters is 1. The van der Waals surface area contributed by atoms with Crippen molar-refractivity contribution >= 4 is 11.7 Å². The van der Waals surface area contributed by atoms with Gasteiger partial charge in [0.1, 0.15) is 6.61 Å². The topological polar surface area (TPSA) is 54.3 Å². The van der Waals surface area contributed by atoms with Crippen LogP contribution in [0, 0.1) is 0 Å². The zero-order valence-corrected chi connectivity index (χ0v) is 12.6. The van der Waals surface area contributed by atoms with Gasteiger partial charge in [-0.05, 0) is 17.7 Å². The van der Waals surface area contributed by atoms with Crippen molar-refractivity contribution in [1.82, 2.24) is 5.01 Å². The highest BCUT2D eigenvalue weighted by atomic mass is 16.5. The minimum Gasteiger partial charge on any atom is -0.464 e. The van der Waals surface area contributed by atoms with Gasteiger partial charge in [0, 0.05) is 6.92 Å². The van der Waals surface area contributed by atoms with Crippen molar-refractivity contribution in [2.24, 2.45) is 10.3 Å². The number of hydrogen-bond acceptors (Lipinski definition) is 4. The first-order chi connectivity index (χ1) is 10.7. The number of carbonyl (C=O) groups excluding carboxylic acids is 1. The Morgan fingerprint density at radius 2 is 1.68 bits per heavy atom. The molecule has 114 valence electrons. The third kappa shape index (κ3) is 5.75. The minimum absolute atomic E-state index is 0.288. The molecule has 0 N–H and O–H groups in total. The monoisotopic (exact) mass is 297 g/mol. The lowest BCUT2D eigenvalue weighted by atomic mass is 10.2. The third-order valence-corrected chi connectivity index (χ3v) is 2.91. The maximum absolute atomic E-state index is 10.9. The van der Waals surface area contributed by atoms with E-state index in [1.165, 1.54) is 6.92 Å². The van der Waals surface area contributed by atoms with Crippen molar-refractivity contribution in [1.29, 1.82) is 0 Å². The predicted molar refractivity (Wildman–Crippen MR) is 84.4 cm³/mol. The lowest BCUT2D eigenvalue weighted by Crippen LogP contribution is -2.22. The van der Waals surface area contributed by atoms with Crippen LogP contribution in [-0.4, -0.2) is 24.1 Å². The molecule has 0 aliphatic carbocycles. The number of carbonyl (C=O) groups is 1. The first-order valence-electron chi connectivity index (χ1n) is 7.13. The van der Waals surface area contributed by atoms with Crippen LogP contribution in [0.1, 0.15) is 12.5 Å². The van der Waals surface area contributed by atoms with Gasteiger partial charge in [0.25, 0.3) is 0 Å². The van der Waals surface area contributed by atoms with Gasteiger partial charge < -0.3 is 4.74 Å². The summed E-state index contributed by atoms with van der Waals surface area (Å²) in [6, 6.07) is 19.5. The Labute approximate surface area is 130 Å². The van der Waals surface area contributed by atoms with Gasteiger partial charge in [-0.25, -0.2) is 0 Å². The summed E-state index contributed by atoms with van der Waals surface area (Å²) in [6.45, 7) is 2.78. The Morgan fingerprint density at radius 3 is 2.32 bits per heavy atom. The zero-order chi connectivity index (χ0) is 15.6. The molecule has 0 radical (unpaired) electrons. The SMILES string of the molecule is CC(=O)OCCN(Cc1ccccc1)N=Nc1ccccc1. The van der Waals surface area contributed by atoms with Crippen LogP contribution in [0.25, 0.3) is 0 Å². The molecule has 5 nitrogen and oxygen atoms in total. The van der Waals surface area contributed by atoms with E-state index in [-0.39, 0.29) is 12.6 Å². The van der Waals surface area contributed by atoms with Gasteiger partial charge in [-0.15, -0.1) is 5.11 Å². The van der Waals surface area contributed by atoms with Crippen molar-refractivity contribution in [3.63, 3.8) is 0 Å². The lowest BCUT2D eigenvalue weighted by molar-refractivity contribution is -0.141. The molecular weight excluding hydrogens is 278 g/mol. The molecule has 22 heavy (non-hydrogen) atoms. The summed E-state index contributed by atoms with van der Waals surface area (Å²) in [7, 11) is 0. The summed E-state index contributed by atoms with van der Waals surface area (Å²) in [6.07, 6.45) is 0. The van der Waals surface area contributed by atoms with Crippen LogP contribution >= 0.6 is 0 Å². The van der Waals surface area contributed by atoms with Crippen molar-refractivity contribution in [2.45, 2.75) is 13.5 Å². The smallest absolute Gasteiger partial charge is 0.302 e. The predicted octanol–water partition coefficient (Wildman–Crippen LogP) is 3.75. The van der Waals surface area contributed by atoms with E-state index in [9.17, 15) is 4.79 Å². The van der Waals surface area contributed by atoms with Gasteiger partial charge in [-0.1, -0.05) is 53.8 Å². The number of benzene rings is 2. The fourth-order valence-electron chi connectivity index (χ4n) is 1.85. The van der Waals surface area contributed by atoms with E-state index in [1.807, 2.05) is 60.7 Å². The molecule has 0 aliphatic heterocycles. The summed E-state index contributed by atoms with van der Waals surface area (Å²) in [5, 5.41) is 10.2. The van der Waals surface area contributed by atoms with E-state index in [1.54, 1.807) is 5.01 Å². The summed E-state index contributed by atoms with van der Waals surface area (Å²) in [4.78, 5) is 10.9. The van der Waals surface area contributed by atoms with Gasteiger partial charge in [-0.2, -0.15) is 0 Å². The molecule has 0 aliphatic rings. The maximum Gasteiger partial charge on any atom is 0.302 e. The number of nitrogens with zero attached hydrogens (tertiary/aromatic N) is 3. The van der Waals surface area contributed by atoms with E-state index in [0.29, 0.717) is 13.1 Å². The second-order valence-corrected chi connectivity index (χ2v) is 4.74. The van der Waals surface area contributed by atoms with Crippen LogP contribution < -0.4 is 0 Å². The highest BCUT2D eigenvalue weighted by Gasteiger charge is 2.04. The Morgan fingerprint density at radius 1 is 1.05 bits per heavy atom. The van der Waals surface area contributed by atoms with E-state index in [2.05, 4.69) is 10.3 Å². The van der Waals surface area contributed by atoms with Crippen molar-refractivity contribution in [3.05, 3.63) is 66.2 Å². The second kappa shape index (κ2) is 8.56. The largest absolute Gasteiger partial charge is 0.464 e. The molecule has 0 atom stereocenters. The van der Waals surface area contributed by atoms with Gasteiger partial charge in [0.2, 0.25) is 0 Å². The van der Waals surface area contributed by atoms with Crippen molar-refractivity contribution in [2.75, 3.05) is 13.2 Å². The normalized spacial score (nSPS) is 10.6. The third-order valence-electron chi connectivity index (χ3n) is 2.91. The van der Waals surface area contributed by atoms with Crippen LogP contribution in [-0.2, 0) is 16.1 Å². The molecule has 0 spiro atoms. The average molecular weight is 297 g/mol. The van der Waals surface area contributed by atoms with Crippen LogP contribution in [0.15, 0.2) is 71.0 Å². The second-order valence-electron chi connectivity index (χ2n) is 4.74. The molecule has 0 bridgehead atoms. The molecule has 0 fully saturated rings. The van der Waals surface area contributed by atoms with Crippen LogP contribution in [0.2, 0.25) is 0 Å². The first-order valence-corrected chi connectivity index (χ1v) is 7.13. The van der Waals surface area contributed by atoms with E-state index in [0.717, 1.165) is 11.3 Å². The molecular formula is C17H19N3O2. The molecule has 0 saturated carbocycles. The zero-order valence-electron chi connectivity index (χ0n) is 12.6. The maximum atomic E-state index is 10.9. The molecule has 2 aromatic rings. The fraction of sp³-hybridized carbons (Fsp3) is 0.235. The highest BCUT2D eigenvalue weighted by Crippen LogP contribution is 2.12. The van der Waals surface area contributed by atoms with Gasteiger partial charge in [0.15, 0.2) is 0 Å². The standard InChI is InChI=1S/C17H19N3O2/c1-15(21)22-13-12-20(14-16-8-4-2-5-9-16)19-18-17-10-6-3-7-11-17/h2-11H,12-14H2,1H3. The lowest BCUT2D eigenvalue weighted by Gasteiger charge is -2.17. The quantitative estimate of drug-likeness (QED) is 0.444. The molecule has 2 aromatic carbocycles. The number of ether oxygens (including phenoxy) is 1. The Hall–Kier alpha value is -2.69. The number of hydrogen-bond donors (Lipinski definition) is 0. The Balaban J connectivity index is 2.00. The van der Waals surface area contributed by atoms with E-state index < -0.39 is 0 Å². The fourth-order valence-corrected chi connectivity index (χ4v) is 1.85. The first kappa shape index (κ1) is 15.7. The van der Waals surface area contributed by atoms with Crippen LogP contribution in [0.3, 0.4) is 0 Å².